The van der Waals surface area contributed by atoms with Crippen molar-refractivity contribution in [3.05, 3.63) is 64.2 Å². The Morgan fingerprint density at radius 1 is 1.00 bits per heavy atom. The van der Waals surface area contributed by atoms with E-state index < -0.39 is 0 Å². The summed E-state index contributed by atoms with van der Waals surface area (Å²) in [5, 5.41) is 3.11. The van der Waals surface area contributed by atoms with Crippen LogP contribution in [0.4, 0.5) is 0 Å². The van der Waals surface area contributed by atoms with Gasteiger partial charge in [-0.2, -0.15) is 0 Å². The van der Waals surface area contributed by atoms with Crippen LogP contribution in [0, 0.1) is 20.8 Å². The highest BCUT2D eigenvalue weighted by Gasteiger charge is 2.16. The van der Waals surface area contributed by atoms with Gasteiger partial charge in [-0.05, 0) is 61.4 Å². The number of benzene rings is 2. The zero-order chi connectivity index (χ0) is 19.3. The molecule has 2 rings (SSSR count). The summed E-state index contributed by atoms with van der Waals surface area (Å²) in [6.45, 7) is 12.6. The van der Waals surface area contributed by atoms with Crippen LogP contribution in [0.5, 0.6) is 5.75 Å². The summed E-state index contributed by atoms with van der Waals surface area (Å²) in [4.78, 5) is 12.5. The van der Waals surface area contributed by atoms with E-state index in [0.29, 0.717) is 5.92 Å². The first-order valence-corrected chi connectivity index (χ1v) is 9.41. The van der Waals surface area contributed by atoms with Crippen LogP contribution in [0.2, 0.25) is 0 Å². The van der Waals surface area contributed by atoms with Crippen LogP contribution in [-0.4, -0.2) is 12.5 Å². The second-order valence-electron chi connectivity index (χ2n) is 7.37. The van der Waals surface area contributed by atoms with Crippen molar-refractivity contribution in [2.24, 2.45) is 0 Å². The van der Waals surface area contributed by atoms with Crippen LogP contribution in [-0.2, 0) is 4.79 Å². The number of aryl methyl sites for hydroxylation is 3. The summed E-state index contributed by atoms with van der Waals surface area (Å²) in [5.74, 6) is 1.06. The third-order valence-corrected chi connectivity index (χ3v) is 4.69. The van der Waals surface area contributed by atoms with Crippen LogP contribution < -0.4 is 10.1 Å². The predicted molar refractivity (Wildman–Crippen MR) is 108 cm³/mol. The fraction of sp³-hybridized carbons (Fsp3) is 0.435. The second kappa shape index (κ2) is 8.88. The van der Waals surface area contributed by atoms with Crippen LogP contribution in [0.25, 0.3) is 0 Å². The van der Waals surface area contributed by atoms with E-state index in [4.69, 9.17) is 4.74 Å². The first kappa shape index (κ1) is 20.0. The molecule has 3 nitrogen and oxygen atoms in total. The average Bonchev–Trinajstić information content (AvgIpc) is 2.58. The number of amides is 1. The molecule has 1 N–H and O–H groups in total. The van der Waals surface area contributed by atoms with Crippen molar-refractivity contribution in [2.45, 2.75) is 59.9 Å². The topological polar surface area (TPSA) is 38.3 Å². The number of hydrogen-bond acceptors (Lipinski definition) is 2. The van der Waals surface area contributed by atoms with Gasteiger partial charge in [-0.25, -0.2) is 0 Å². The number of carbonyl (C=O) groups excluding carboxylic acids is 1. The maximum absolute atomic E-state index is 12.5. The Hall–Kier alpha value is -2.29. The van der Waals surface area contributed by atoms with Gasteiger partial charge < -0.3 is 10.1 Å². The largest absolute Gasteiger partial charge is 0.483 e. The fourth-order valence-corrected chi connectivity index (χ4v) is 3.24. The quantitative estimate of drug-likeness (QED) is 0.725. The van der Waals surface area contributed by atoms with Crippen molar-refractivity contribution in [2.75, 3.05) is 6.61 Å². The lowest BCUT2D eigenvalue weighted by Gasteiger charge is -2.21. The number of carbonyl (C=O) groups is 1. The van der Waals surface area contributed by atoms with E-state index in [1.54, 1.807) is 0 Å². The van der Waals surface area contributed by atoms with Crippen molar-refractivity contribution in [3.63, 3.8) is 0 Å². The molecule has 26 heavy (non-hydrogen) atoms. The van der Waals surface area contributed by atoms with E-state index in [-0.39, 0.29) is 18.6 Å². The molecule has 0 fully saturated rings. The van der Waals surface area contributed by atoms with E-state index in [1.165, 1.54) is 16.7 Å². The van der Waals surface area contributed by atoms with E-state index in [0.717, 1.165) is 23.3 Å². The maximum atomic E-state index is 12.5. The molecular formula is C23H31NO2. The van der Waals surface area contributed by atoms with Gasteiger partial charge in [-0.15, -0.1) is 0 Å². The van der Waals surface area contributed by atoms with Crippen LogP contribution in [0.3, 0.4) is 0 Å². The second-order valence-corrected chi connectivity index (χ2v) is 7.37. The summed E-state index contributed by atoms with van der Waals surface area (Å²) in [5.41, 5.74) is 5.87. The highest BCUT2D eigenvalue weighted by atomic mass is 16.5. The van der Waals surface area contributed by atoms with E-state index >= 15 is 0 Å². The van der Waals surface area contributed by atoms with Gasteiger partial charge in [-0.3, -0.25) is 4.79 Å². The minimum absolute atomic E-state index is 0.00813. The molecule has 0 aliphatic carbocycles. The van der Waals surface area contributed by atoms with Crippen molar-refractivity contribution in [1.29, 1.82) is 0 Å². The van der Waals surface area contributed by atoms with Crippen molar-refractivity contribution in [3.8, 4) is 5.75 Å². The van der Waals surface area contributed by atoms with Gasteiger partial charge in [0.2, 0.25) is 0 Å². The Bertz CT molecular complexity index is 765. The van der Waals surface area contributed by atoms with Gasteiger partial charge in [-0.1, -0.05) is 56.7 Å². The molecule has 1 unspecified atom stereocenters. The lowest BCUT2D eigenvalue weighted by atomic mass is 9.97. The molecule has 140 valence electrons. The zero-order valence-electron chi connectivity index (χ0n) is 16.8. The predicted octanol–water partition coefficient (Wildman–Crippen LogP) is 5.38. The van der Waals surface area contributed by atoms with Crippen molar-refractivity contribution in [1.82, 2.24) is 5.32 Å². The smallest absolute Gasteiger partial charge is 0.258 e. The Balaban J connectivity index is 2.05. The fourth-order valence-electron chi connectivity index (χ4n) is 3.24. The van der Waals surface area contributed by atoms with Crippen molar-refractivity contribution >= 4 is 5.91 Å². The number of rotatable bonds is 7. The van der Waals surface area contributed by atoms with Gasteiger partial charge in [0.1, 0.15) is 5.75 Å². The lowest BCUT2D eigenvalue weighted by molar-refractivity contribution is -0.123. The molecule has 3 heteroatoms. The standard InChI is InChI=1S/C23H31NO2/c1-7-21(20-11-9-16(4)12-18(20)6)24-23(25)14-26-22-13-17(5)8-10-19(22)15(2)3/h8-13,15,21H,7,14H2,1-6H3,(H,24,25). The number of nitrogens with one attached hydrogen (secondary N) is 1. The van der Waals surface area contributed by atoms with Crippen LogP contribution >= 0.6 is 0 Å². The molecule has 2 aromatic rings. The Morgan fingerprint density at radius 3 is 2.19 bits per heavy atom. The minimum Gasteiger partial charge on any atom is -0.483 e. The Morgan fingerprint density at radius 2 is 1.62 bits per heavy atom. The maximum Gasteiger partial charge on any atom is 0.258 e. The number of ether oxygens (including phenoxy) is 1. The van der Waals surface area contributed by atoms with Crippen LogP contribution in [0.1, 0.15) is 67.0 Å². The SMILES string of the molecule is CCC(NC(=O)COc1cc(C)ccc1C(C)C)c1ccc(C)cc1C. The molecule has 0 saturated heterocycles. The molecule has 0 heterocycles. The molecule has 0 aliphatic rings. The van der Waals surface area contributed by atoms with Crippen molar-refractivity contribution < 1.29 is 9.53 Å². The molecule has 0 bridgehead atoms. The third-order valence-electron chi connectivity index (χ3n) is 4.69. The molecule has 2 aromatic carbocycles. The normalized spacial score (nSPS) is 12.1. The summed E-state index contributed by atoms with van der Waals surface area (Å²) < 4.78 is 5.86. The molecule has 1 amide bonds. The minimum atomic E-state index is -0.0898. The Labute approximate surface area is 157 Å². The summed E-state index contributed by atoms with van der Waals surface area (Å²) in [6.07, 6.45) is 0.845. The summed E-state index contributed by atoms with van der Waals surface area (Å²) in [6, 6.07) is 12.5. The Kier molecular flexibility index (Phi) is 6.84. The molecular weight excluding hydrogens is 322 g/mol. The highest BCUT2D eigenvalue weighted by Crippen LogP contribution is 2.27. The summed E-state index contributed by atoms with van der Waals surface area (Å²) >= 11 is 0. The van der Waals surface area contributed by atoms with Gasteiger partial charge >= 0.3 is 0 Å². The third kappa shape index (κ3) is 5.10. The zero-order valence-corrected chi connectivity index (χ0v) is 16.8. The molecule has 0 spiro atoms. The molecule has 0 aliphatic heterocycles. The molecule has 1 atom stereocenters. The summed E-state index contributed by atoms with van der Waals surface area (Å²) in [7, 11) is 0. The molecule has 0 radical (unpaired) electrons. The molecule has 0 saturated carbocycles. The lowest BCUT2D eigenvalue weighted by Crippen LogP contribution is -2.32. The monoisotopic (exact) mass is 353 g/mol. The van der Waals surface area contributed by atoms with Gasteiger partial charge in [0.15, 0.2) is 6.61 Å². The average molecular weight is 354 g/mol. The first-order chi connectivity index (χ1) is 12.3. The van der Waals surface area contributed by atoms with Gasteiger partial charge in [0.25, 0.3) is 5.91 Å². The molecule has 0 aromatic heterocycles. The number of hydrogen-bond donors (Lipinski definition) is 1. The highest BCUT2D eigenvalue weighted by molar-refractivity contribution is 5.78. The van der Waals surface area contributed by atoms with Crippen LogP contribution in [0.15, 0.2) is 36.4 Å². The first-order valence-electron chi connectivity index (χ1n) is 9.41. The van der Waals surface area contributed by atoms with E-state index in [1.807, 2.05) is 13.0 Å². The van der Waals surface area contributed by atoms with Gasteiger partial charge in [0.05, 0.1) is 6.04 Å². The van der Waals surface area contributed by atoms with E-state index in [2.05, 4.69) is 70.3 Å². The van der Waals surface area contributed by atoms with E-state index in [9.17, 15) is 4.79 Å². The van der Waals surface area contributed by atoms with Gasteiger partial charge in [0, 0.05) is 0 Å².